The van der Waals surface area contributed by atoms with E-state index in [4.69, 9.17) is 32.6 Å². The van der Waals surface area contributed by atoms with Gasteiger partial charge in [-0.2, -0.15) is 0 Å². The van der Waals surface area contributed by atoms with E-state index in [1.165, 1.54) is 18.2 Å². The number of carbonyl (C=O) groups excluding carboxylic acids is 1. The molecule has 1 aliphatic heterocycles. The van der Waals surface area contributed by atoms with Gasteiger partial charge in [0.05, 0.1) is 20.6 Å². The normalized spacial score (nSPS) is 23.3. The highest BCUT2D eigenvalue weighted by Gasteiger charge is 2.41. The Balaban J connectivity index is 1.47. The fraction of sp³-hybridized carbons (Fsp3) is 0.259. The predicted octanol–water partition coefficient (Wildman–Crippen LogP) is 8.44. The van der Waals surface area contributed by atoms with E-state index in [9.17, 15) is 4.79 Å². The second-order valence-electron chi connectivity index (χ2n) is 8.68. The predicted molar refractivity (Wildman–Crippen MR) is 142 cm³/mol. The molecule has 34 heavy (non-hydrogen) atoms. The Morgan fingerprint density at radius 3 is 2.59 bits per heavy atom. The van der Waals surface area contributed by atoms with Crippen molar-refractivity contribution in [3.05, 3.63) is 81.4 Å². The van der Waals surface area contributed by atoms with Crippen molar-refractivity contribution in [1.29, 1.82) is 0 Å². The van der Waals surface area contributed by atoms with Gasteiger partial charge in [0.15, 0.2) is 5.17 Å². The van der Waals surface area contributed by atoms with Gasteiger partial charge in [-0.15, -0.1) is 0 Å². The molecule has 2 fully saturated rings. The lowest BCUT2D eigenvalue weighted by Gasteiger charge is -2.35. The van der Waals surface area contributed by atoms with E-state index in [1.807, 2.05) is 59.5 Å². The number of rotatable bonds is 4. The monoisotopic (exact) mass is 510 g/mol. The second-order valence-corrected chi connectivity index (χ2v) is 10.5. The summed E-state index contributed by atoms with van der Waals surface area (Å²) in [6.45, 7) is 2.24. The van der Waals surface area contributed by atoms with Crippen LogP contribution in [-0.4, -0.2) is 22.0 Å². The molecule has 2 aliphatic rings. The van der Waals surface area contributed by atoms with Crippen molar-refractivity contribution in [2.75, 3.05) is 0 Å². The van der Waals surface area contributed by atoms with E-state index in [0.29, 0.717) is 32.4 Å². The number of carbonyl (C=O) groups is 1. The van der Waals surface area contributed by atoms with Gasteiger partial charge in [0.25, 0.3) is 5.91 Å². The number of thioether (sulfide) groups is 1. The molecule has 1 saturated carbocycles. The maximum atomic E-state index is 13.6. The summed E-state index contributed by atoms with van der Waals surface area (Å²) in [6, 6.07) is 19.0. The molecule has 0 spiro atoms. The first-order valence-electron chi connectivity index (χ1n) is 11.4. The highest BCUT2D eigenvalue weighted by molar-refractivity contribution is 8.18. The van der Waals surface area contributed by atoms with Crippen LogP contribution in [0.3, 0.4) is 0 Å². The van der Waals surface area contributed by atoms with Gasteiger partial charge in [0, 0.05) is 17.7 Å². The summed E-state index contributed by atoms with van der Waals surface area (Å²) in [5.41, 5.74) is 1.67. The average molecular weight is 511 g/mol. The second kappa shape index (κ2) is 10.0. The maximum absolute atomic E-state index is 13.6. The van der Waals surface area contributed by atoms with Crippen molar-refractivity contribution in [3.63, 3.8) is 0 Å². The zero-order chi connectivity index (χ0) is 23.7. The standard InChI is InChI=1S/C27H24Cl2N2O2S/c1-17-7-5-6-10-23(17)31-26(32)25(34-27(31)30-19-8-3-2-4-9-19)16-20-12-14-24(33-20)18-11-13-21(28)22(29)15-18/h2-4,8-9,11-17,23H,5-7,10H2,1H3/b25-16-,30-27?/t17-,23-/m1/s1. The summed E-state index contributed by atoms with van der Waals surface area (Å²) in [5, 5.41) is 1.70. The Labute approximate surface area is 213 Å². The van der Waals surface area contributed by atoms with Crippen LogP contribution in [0.25, 0.3) is 17.4 Å². The first-order chi connectivity index (χ1) is 16.5. The fourth-order valence-corrected chi connectivity index (χ4v) is 5.84. The molecule has 5 rings (SSSR count). The molecule has 1 aromatic heterocycles. The number of para-hydroxylation sites is 1. The Morgan fingerprint density at radius 1 is 1.03 bits per heavy atom. The molecule has 0 bridgehead atoms. The minimum absolute atomic E-state index is 0.00841. The van der Waals surface area contributed by atoms with Crippen LogP contribution in [0.2, 0.25) is 10.0 Å². The largest absolute Gasteiger partial charge is 0.457 e. The molecule has 0 N–H and O–H groups in total. The van der Waals surface area contributed by atoms with Crippen LogP contribution in [-0.2, 0) is 4.79 Å². The van der Waals surface area contributed by atoms with Gasteiger partial charge in [-0.3, -0.25) is 9.69 Å². The Hall–Kier alpha value is -2.47. The van der Waals surface area contributed by atoms with Gasteiger partial charge in [0.1, 0.15) is 11.5 Å². The van der Waals surface area contributed by atoms with Crippen molar-refractivity contribution < 1.29 is 9.21 Å². The molecule has 1 aliphatic carbocycles. The molecule has 0 radical (unpaired) electrons. The minimum Gasteiger partial charge on any atom is -0.457 e. The number of furan rings is 1. The topological polar surface area (TPSA) is 45.8 Å². The number of amides is 1. The Morgan fingerprint density at radius 2 is 1.82 bits per heavy atom. The van der Waals surface area contributed by atoms with E-state index in [2.05, 4.69) is 6.92 Å². The number of benzene rings is 2. The quantitative estimate of drug-likeness (QED) is 0.330. The summed E-state index contributed by atoms with van der Waals surface area (Å²) >= 11 is 13.6. The smallest absolute Gasteiger partial charge is 0.267 e. The molecular weight excluding hydrogens is 487 g/mol. The minimum atomic E-state index is -0.00841. The van der Waals surface area contributed by atoms with Crippen LogP contribution in [0.15, 0.2) is 75.0 Å². The third-order valence-corrected chi connectivity index (χ3v) is 8.04. The van der Waals surface area contributed by atoms with Crippen molar-refractivity contribution in [2.45, 2.75) is 38.6 Å². The lowest BCUT2D eigenvalue weighted by molar-refractivity contribution is -0.124. The van der Waals surface area contributed by atoms with E-state index < -0.39 is 0 Å². The number of hydrogen-bond acceptors (Lipinski definition) is 4. The molecule has 1 saturated heterocycles. The molecule has 0 unspecified atom stereocenters. The van der Waals surface area contributed by atoms with Crippen LogP contribution in [0.4, 0.5) is 5.69 Å². The van der Waals surface area contributed by atoms with Crippen LogP contribution in [0, 0.1) is 5.92 Å². The Bertz CT molecular complexity index is 1270. The van der Waals surface area contributed by atoms with Gasteiger partial charge >= 0.3 is 0 Å². The van der Waals surface area contributed by atoms with Crippen molar-refractivity contribution >= 4 is 57.8 Å². The molecule has 3 aromatic rings. The van der Waals surface area contributed by atoms with Crippen LogP contribution in [0.5, 0.6) is 0 Å². The highest BCUT2D eigenvalue weighted by Crippen LogP contribution is 2.40. The van der Waals surface area contributed by atoms with Crippen LogP contribution < -0.4 is 0 Å². The van der Waals surface area contributed by atoms with E-state index in [0.717, 1.165) is 35.7 Å². The van der Waals surface area contributed by atoms with E-state index in [-0.39, 0.29) is 11.9 Å². The third kappa shape index (κ3) is 4.83. The van der Waals surface area contributed by atoms with Crippen molar-refractivity contribution in [2.24, 2.45) is 10.9 Å². The summed E-state index contributed by atoms with van der Waals surface area (Å²) in [4.78, 5) is 21.0. The van der Waals surface area contributed by atoms with Gasteiger partial charge in [-0.25, -0.2) is 4.99 Å². The molecule has 7 heteroatoms. The van der Waals surface area contributed by atoms with Gasteiger partial charge in [-0.1, -0.05) is 61.2 Å². The first kappa shape index (κ1) is 23.3. The average Bonchev–Trinajstić information content (AvgIpc) is 3.42. The van der Waals surface area contributed by atoms with Gasteiger partial charge in [0.2, 0.25) is 0 Å². The number of hydrogen-bond donors (Lipinski definition) is 0. The molecule has 2 atom stereocenters. The number of nitrogens with zero attached hydrogens (tertiary/aromatic N) is 2. The molecule has 2 heterocycles. The third-order valence-electron chi connectivity index (χ3n) is 6.32. The lowest BCUT2D eigenvalue weighted by Crippen LogP contribution is -2.44. The van der Waals surface area contributed by atoms with Crippen molar-refractivity contribution in [3.8, 4) is 11.3 Å². The lowest BCUT2D eigenvalue weighted by atomic mass is 9.85. The Kier molecular flexibility index (Phi) is 6.87. The summed E-state index contributed by atoms with van der Waals surface area (Å²) in [7, 11) is 0. The SMILES string of the molecule is C[C@@H]1CCCC[C@H]1N1C(=O)/C(=C/c2ccc(-c3ccc(Cl)c(Cl)c3)o2)SC1=Nc1ccccc1. The van der Waals surface area contributed by atoms with E-state index in [1.54, 1.807) is 12.1 Å². The van der Waals surface area contributed by atoms with Crippen LogP contribution >= 0.6 is 35.0 Å². The van der Waals surface area contributed by atoms with Crippen LogP contribution in [0.1, 0.15) is 38.4 Å². The van der Waals surface area contributed by atoms with Crippen molar-refractivity contribution in [1.82, 2.24) is 4.90 Å². The zero-order valence-corrected chi connectivity index (χ0v) is 21.0. The summed E-state index contributed by atoms with van der Waals surface area (Å²) in [5.74, 6) is 1.70. The molecule has 1 amide bonds. The molecule has 2 aromatic carbocycles. The fourth-order valence-electron chi connectivity index (χ4n) is 4.51. The zero-order valence-electron chi connectivity index (χ0n) is 18.7. The van der Waals surface area contributed by atoms with Gasteiger partial charge in [-0.05, 0) is 73.0 Å². The first-order valence-corrected chi connectivity index (χ1v) is 13.0. The highest BCUT2D eigenvalue weighted by atomic mass is 35.5. The summed E-state index contributed by atoms with van der Waals surface area (Å²) < 4.78 is 6.03. The van der Waals surface area contributed by atoms with Gasteiger partial charge < -0.3 is 4.42 Å². The number of halogens is 2. The number of aliphatic imine (C=N–C) groups is 1. The summed E-state index contributed by atoms with van der Waals surface area (Å²) in [6.07, 6.45) is 6.28. The number of amidine groups is 1. The molecule has 174 valence electrons. The van der Waals surface area contributed by atoms with E-state index >= 15 is 0 Å². The molecule has 4 nitrogen and oxygen atoms in total. The maximum Gasteiger partial charge on any atom is 0.267 e. The molecular formula is C27H24Cl2N2O2S.